The summed E-state index contributed by atoms with van der Waals surface area (Å²) < 4.78 is 53.1. The maximum absolute atomic E-state index is 13.9. The number of nitrogens with zero attached hydrogens (tertiary/aromatic N) is 4. The average molecular weight is 526 g/mol. The molecule has 2 aromatic carbocycles. The summed E-state index contributed by atoms with van der Waals surface area (Å²) in [6, 6.07) is 13.2. The zero-order valence-electron chi connectivity index (χ0n) is 20.8. The number of rotatable bonds is 5. The predicted octanol–water partition coefficient (Wildman–Crippen LogP) is 5.13. The zero-order chi connectivity index (χ0) is 26.4. The number of benzene rings is 2. The SMILES string of the molecule is CN(C)c1ccccc1Nc1nc(Nc2ccc3c(c2)OCC2COCCN32)nc2[nH]cc(C(F)(F)F)c12. The number of aromatic amines is 1. The number of fused-ring (bicyclic) bond motifs is 4. The van der Waals surface area contributed by atoms with Gasteiger partial charge in [-0.15, -0.1) is 0 Å². The molecule has 1 saturated heterocycles. The van der Waals surface area contributed by atoms with Gasteiger partial charge in [0.1, 0.15) is 23.8 Å². The van der Waals surface area contributed by atoms with Gasteiger partial charge in [-0.1, -0.05) is 12.1 Å². The van der Waals surface area contributed by atoms with Gasteiger partial charge >= 0.3 is 6.18 Å². The van der Waals surface area contributed by atoms with E-state index in [1.165, 1.54) is 0 Å². The van der Waals surface area contributed by atoms with Crippen molar-refractivity contribution in [2.75, 3.05) is 60.9 Å². The third-order valence-corrected chi connectivity index (χ3v) is 6.66. The van der Waals surface area contributed by atoms with E-state index in [1.807, 2.05) is 49.3 Å². The normalized spacial score (nSPS) is 17.0. The van der Waals surface area contributed by atoms with Crippen LogP contribution in [0.25, 0.3) is 11.0 Å². The second-order valence-corrected chi connectivity index (χ2v) is 9.40. The van der Waals surface area contributed by atoms with Crippen molar-refractivity contribution in [2.45, 2.75) is 12.2 Å². The molecule has 1 unspecified atom stereocenters. The van der Waals surface area contributed by atoms with Gasteiger partial charge in [-0.2, -0.15) is 23.1 Å². The maximum Gasteiger partial charge on any atom is 0.418 e. The molecular weight excluding hydrogens is 499 g/mol. The quantitative estimate of drug-likeness (QED) is 0.331. The Morgan fingerprint density at radius 2 is 1.92 bits per heavy atom. The van der Waals surface area contributed by atoms with Crippen LogP contribution in [0.2, 0.25) is 0 Å². The first-order valence-electron chi connectivity index (χ1n) is 12.2. The molecule has 0 saturated carbocycles. The van der Waals surface area contributed by atoms with E-state index in [9.17, 15) is 13.2 Å². The lowest BCUT2D eigenvalue weighted by molar-refractivity contribution is -0.136. The lowest BCUT2D eigenvalue weighted by Gasteiger charge is -2.41. The van der Waals surface area contributed by atoms with Crippen molar-refractivity contribution < 1.29 is 22.6 Å². The molecule has 2 aliphatic rings. The van der Waals surface area contributed by atoms with Crippen molar-refractivity contribution in [1.82, 2.24) is 15.0 Å². The van der Waals surface area contributed by atoms with E-state index in [-0.39, 0.29) is 28.8 Å². The Kier molecular flexibility index (Phi) is 5.90. The number of anilines is 6. The Bertz CT molecular complexity index is 1490. The molecule has 1 atom stereocenters. The zero-order valence-corrected chi connectivity index (χ0v) is 20.8. The Morgan fingerprint density at radius 3 is 2.74 bits per heavy atom. The van der Waals surface area contributed by atoms with Gasteiger partial charge in [0.05, 0.1) is 47.3 Å². The molecule has 9 nitrogen and oxygen atoms in total. The number of halogens is 3. The largest absolute Gasteiger partial charge is 0.489 e. The number of H-pyrrole nitrogens is 1. The van der Waals surface area contributed by atoms with Crippen molar-refractivity contribution in [3.63, 3.8) is 0 Å². The van der Waals surface area contributed by atoms with E-state index in [0.717, 1.165) is 24.1 Å². The molecule has 0 aliphatic carbocycles. The first-order valence-corrected chi connectivity index (χ1v) is 12.2. The van der Waals surface area contributed by atoms with E-state index in [0.29, 0.717) is 36.9 Å². The number of aromatic nitrogens is 3. The van der Waals surface area contributed by atoms with Crippen LogP contribution in [-0.2, 0) is 10.9 Å². The maximum atomic E-state index is 13.9. The molecular formula is C26H26F3N7O2. The lowest BCUT2D eigenvalue weighted by Crippen LogP contribution is -2.51. The van der Waals surface area contributed by atoms with Crippen LogP contribution in [-0.4, -0.2) is 61.5 Å². The molecule has 2 aliphatic heterocycles. The number of alkyl halides is 3. The first-order chi connectivity index (χ1) is 18.3. The summed E-state index contributed by atoms with van der Waals surface area (Å²) in [4.78, 5) is 15.6. The Labute approximate surface area is 216 Å². The van der Waals surface area contributed by atoms with Crippen LogP contribution < -0.4 is 25.2 Å². The Hall–Kier alpha value is -4.19. The summed E-state index contributed by atoms with van der Waals surface area (Å²) in [5, 5.41) is 6.10. The number of hydrogen-bond acceptors (Lipinski definition) is 8. The highest BCUT2D eigenvalue weighted by molar-refractivity contribution is 5.95. The van der Waals surface area contributed by atoms with E-state index < -0.39 is 11.7 Å². The van der Waals surface area contributed by atoms with E-state index in [4.69, 9.17) is 9.47 Å². The second kappa shape index (κ2) is 9.28. The standard InChI is InChI=1S/C26H26F3N7O2/c1-35(2)19-6-4-3-5-18(19)32-24-22-17(26(27,28)29)12-30-23(22)33-25(34-24)31-15-7-8-20-21(11-15)38-14-16-13-37-10-9-36(16)20/h3-8,11-12,16H,9-10,13-14H2,1-2H3,(H3,30,31,32,33,34). The number of ether oxygens (including phenoxy) is 2. The minimum absolute atomic E-state index is 0.0331. The third kappa shape index (κ3) is 4.40. The van der Waals surface area contributed by atoms with Gasteiger partial charge in [0.15, 0.2) is 0 Å². The molecule has 198 valence electrons. The molecule has 6 rings (SSSR count). The summed E-state index contributed by atoms with van der Waals surface area (Å²) in [6.45, 7) is 2.58. The fourth-order valence-electron chi connectivity index (χ4n) is 4.87. The third-order valence-electron chi connectivity index (χ3n) is 6.66. The summed E-state index contributed by atoms with van der Waals surface area (Å²) in [6.07, 6.45) is -3.67. The highest BCUT2D eigenvalue weighted by Gasteiger charge is 2.36. The van der Waals surface area contributed by atoms with Gasteiger partial charge in [-0.3, -0.25) is 0 Å². The molecule has 4 heterocycles. The molecule has 12 heteroatoms. The number of morpholine rings is 1. The fraction of sp³-hybridized carbons (Fsp3) is 0.308. The van der Waals surface area contributed by atoms with Crippen LogP contribution in [0, 0.1) is 0 Å². The van der Waals surface area contributed by atoms with Crippen LogP contribution in [0.3, 0.4) is 0 Å². The summed E-state index contributed by atoms with van der Waals surface area (Å²) >= 11 is 0. The molecule has 1 fully saturated rings. The minimum atomic E-state index is -4.58. The van der Waals surface area contributed by atoms with Crippen molar-refractivity contribution in [1.29, 1.82) is 0 Å². The van der Waals surface area contributed by atoms with Gasteiger partial charge in [0.2, 0.25) is 5.95 Å². The number of hydrogen-bond donors (Lipinski definition) is 3. The van der Waals surface area contributed by atoms with Gasteiger partial charge in [-0.25, -0.2) is 0 Å². The minimum Gasteiger partial charge on any atom is -0.489 e. The molecule has 0 radical (unpaired) electrons. The molecule has 0 spiro atoms. The molecule has 3 N–H and O–H groups in total. The van der Waals surface area contributed by atoms with Gasteiger partial charge in [0, 0.05) is 38.6 Å². The van der Waals surface area contributed by atoms with E-state index >= 15 is 0 Å². The summed E-state index contributed by atoms with van der Waals surface area (Å²) in [7, 11) is 3.72. The highest BCUT2D eigenvalue weighted by Crippen LogP contribution is 2.41. The first kappa shape index (κ1) is 24.2. The van der Waals surface area contributed by atoms with Crippen molar-refractivity contribution >= 4 is 45.5 Å². The van der Waals surface area contributed by atoms with Gasteiger partial charge in [0.25, 0.3) is 0 Å². The lowest BCUT2D eigenvalue weighted by atomic mass is 10.1. The smallest absolute Gasteiger partial charge is 0.418 e. The van der Waals surface area contributed by atoms with E-state index in [1.54, 1.807) is 12.1 Å². The molecule has 38 heavy (non-hydrogen) atoms. The van der Waals surface area contributed by atoms with Gasteiger partial charge in [-0.05, 0) is 24.3 Å². The van der Waals surface area contributed by atoms with Crippen molar-refractivity contribution in [3.05, 3.63) is 54.2 Å². The van der Waals surface area contributed by atoms with Crippen molar-refractivity contribution in [3.8, 4) is 5.75 Å². The van der Waals surface area contributed by atoms with Gasteiger partial charge < -0.3 is 34.9 Å². The number of para-hydroxylation sites is 2. The Balaban J connectivity index is 1.38. The van der Waals surface area contributed by atoms with E-state index in [2.05, 4.69) is 30.5 Å². The van der Waals surface area contributed by atoms with Crippen LogP contribution in [0.15, 0.2) is 48.7 Å². The second-order valence-electron chi connectivity index (χ2n) is 9.40. The van der Waals surface area contributed by atoms with Crippen LogP contribution in [0.4, 0.5) is 47.7 Å². The summed E-state index contributed by atoms with van der Waals surface area (Å²) in [5.41, 5.74) is 2.26. The van der Waals surface area contributed by atoms with Crippen LogP contribution >= 0.6 is 0 Å². The predicted molar refractivity (Wildman–Crippen MR) is 140 cm³/mol. The topological polar surface area (TPSA) is 90.6 Å². The molecule has 2 aromatic heterocycles. The average Bonchev–Trinajstić information content (AvgIpc) is 3.34. The molecule has 4 aromatic rings. The molecule has 0 amide bonds. The molecule has 0 bridgehead atoms. The number of nitrogens with one attached hydrogen (secondary N) is 3. The highest BCUT2D eigenvalue weighted by atomic mass is 19.4. The fourth-order valence-corrected chi connectivity index (χ4v) is 4.87. The van der Waals surface area contributed by atoms with Crippen LogP contribution in [0.1, 0.15) is 5.56 Å². The van der Waals surface area contributed by atoms with Crippen molar-refractivity contribution in [2.24, 2.45) is 0 Å². The Morgan fingerprint density at radius 1 is 1.08 bits per heavy atom. The summed E-state index contributed by atoms with van der Waals surface area (Å²) in [5.74, 6) is 0.885. The monoisotopic (exact) mass is 525 g/mol. The van der Waals surface area contributed by atoms with Crippen LogP contribution in [0.5, 0.6) is 5.75 Å².